The Morgan fingerprint density at radius 1 is 1.15 bits per heavy atom. The molecule has 0 aliphatic rings. The van der Waals surface area contributed by atoms with Crippen LogP contribution in [0.4, 0.5) is 8.78 Å². The van der Waals surface area contributed by atoms with Gasteiger partial charge in [-0.2, -0.15) is 0 Å². The summed E-state index contributed by atoms with van der Waals surface area (Å²) in [5.41, 5.74) is 7.77. The second-order valence-electron chi connectivity index (χ2n) is 4.83. The first-order valence-electron chi connectivity index (χ1n) is 6.40. The lowest BCUT2D eigenvalue weighted by atomic mass is 10.1. The fourth-order valence-corrected chi connectivity index (χ4v) is 1.95. The summed E-state index contributed by atoms with van der Waals surface area (Å²) in [6, 6.07) is 8.75. The molecule has 0 aliphatic carbocycles. The minimum absolute atomic E-state index is 0.267. The number of benzene rings is 2. The molecule has 0 aliphatic heterocycles. The maximum Gasteiger partial charge on any atom is 0.131 e. The van der Waals surface area contributed by atoms with Crippen molar-refractivity contribution < 1.29 is 13.5 Å². The third-order valence-electron chi connectivity index (χ3n) is 3.16. The first kappa shape index (κ1) is 14.5. The molecule has 20 heavy (non-hydrogen) atoms. The normalized spacial score (nSPS) is 12.2. The van der Waals surface area contributed by atoms with Crippen LogP contribution in [0.2, 0.25) is 0 Å². The van der Waals surface area contributed by atoms with Gasteiger partial charge >= 0.3 is 0 Å². The first-order chi connectivity index (χ1) is 9.47. The molecular weight excluding hydrogens is 260 g/mol. The van der Waals surface area contributed by atoms with Gasteiger partial charge in [-0.3, -0.25) is 0 Å². The Bertz CT molecular complexity index is 611. The van der Waals surface area contributed by atoms with Crippen LogP contribution >= 0.6 is 0 Å². The zero-order valence-electron chi connectivity index (χ0n) is 11.5. The van der Waals surface area contributed by atoms with Gasteiger partial charge in [0.1, 0.15) is 24.0 Å². The molecule has 0 radical (unpaired) electrons. The van der Waals surface area contributed by atoms with Crippen molar-refractivity contribution in [2.75, 3.05) is 0 Å². The molecule has 0 amide bonds. The summed E-state index contributed by atoms with van der Waals surface area (Å²) >= 11 is 0. The van der Waals surface area contributed by atoms with Crippen molar-refractivity contribution in [2.45, 2.75) is 26.5 Å². The molecule has 2 aromatic rings. The van der Waals surface area contributed by atoms with Crippen LogP contribution in [-0.2, 0) is 6.61 Å². The summed E-state index contributed by atoms with van der Waals surface area (Å²) < 4.78 is 32.3. The molecule has 0 spiro atoms. The summed E-state index contributed by atoms with van der Waals surface area (Å²) in [4.78, 5) is 0. The number of nitrogens with two attached hydrogens (primary N) is 1. The van der Waals surface area contributed by atoms with Crippen LogP contribution in [0.25, 0.3) is 0 Å². The number of rotatable bonds is 4. The Hall–Kier alpha value is -1.94. The van der Waals surface area contributed by atoms with Crippen LogP contribution in [0.5, 0.6) is 5.75 Å². The summed E-state index contributed by atoms with van der Waals surface area (Å²) in [6.45, 7) is 3.80. The smallest absolute Gasteiger partial charge is 0.131 e. The Labute approximate surface area is 117 Å². The lowest BCUT2D eigenvalue weighted by molar-refractivity contribution is 0.303. The minimum Gasteiger partial charge on any atom is -0.489 e. The van der Waals surface area contributed by atoms with E-state index in [1.165, 1.54) is 18.2 Å². The summed E-state index contributed by atoms with van der Waals surface area (Å²) in [7, 11) is 0. The zero-order valence-corrected chi connectivity index (χ0v) is 11.5. The standard InChI is InChI=1S/C16H17F2NO/c1-10-7-13(17)4-3-12(10)9-20-14-5-6-15(11(2)19)16(18)8-14/h3-8,11H,9,19H2,1-2H3/t11-/m1/s1. The van der Waals surface area contributed by atoms with Gasteiger partial charge in [0.25, 0.3) is 0 Å². The van der Waals surface area contributed by atoms with Crippen molar-refractivity contribution in [2.24, 2.45) is 5.73 Å². The Kier molecular flexibility index (Phi) is 4.35. The van der Waals surface area contributed by atoms with Crippen molar-refractivity contribution in [3.05, 3.63) is 64.7 Å². The average molecular weight is 277 g/mol. The quantitative estimate of drug-likeness (QED) is 0.920. The monoisotopic (exact) mass is 277 g/mol. The zero-order chi connectivity index (χ0) is 14.7. The molecule has 0 bridgehead atoms. The highest BCUT2D eigenvalue weighted by atomic mass is 19.1. The van der Waals surface area contributed by atoms with Gasteiger partial charge in [0.05, 0.1) is 0 Å². The summed E-state index contributed by atoms with van der Waals surface area (Å²) in [6.07, 6.45) is 0. The van der Waals surface area contributed by atoms with Gasteiger partial charge in [-0.25, -0.2) is 8.78 Å². The minimum atomic E-state index is -0.381. The fraction of sp³-hybridized carbons (Fsp3) is 0.250. The number of halogens is 2. The topological polar surface area (TPSA) is 35.2 Å². The van der Waals surface area contributed by atoms with Crippen LogP contribution in [0, 0.1) is 18.6 Å². The van der Waals surface area contributed by atoms with E-state index < -0.39 is 0 Å². The molecule has 0 saturated carbocycles. The highest BCUT2D eigenvalue weighted by molar-refractivity contribution is 5.31. The van der Waals surface area contributed by atoms with Gasteiger partial charge < -0.3 is 10.5 Å². The molecular formula is C16H17F2NO. The Balaban J connectivity index is 2.09. The van der Waals surface area contributed by atoms with Crippen molar-refractivity contribution in [3.63, 3.8) is 0 Å². The molecule has 0 aromatic heterocycles. The highest BCUT2D eigenvalue weighted by Gasteiger charge is 2.08. The maximum absolute atomic E-state index is 13.7. The first-order valence-corrected chi connectivity index (χ1v) is 6.40. The number of aryl methyl sites for hydroxylation is 1. The molecule has 0 saturated heterocycles. The molecule has 1 atom stereocenters. The molecule has 106 valence electrons. The second kappa shape index (κ2) is 6.01. The molecule has 4 heteroatoms. The lowest BCUT2D eigenvalue weighted by Crippen LogP contribution is -2.07. The number of hydrogen-bond acceptors (Lipinski definition) is 2. The van der Waals surface area contributed by atoms with Gasteiger partial charge in [0, 0.05) is 17.7 Å². The van der Waals surface area contributed by atoms with Gasteiger partial charge in [0.15, 0.2) is 0 Å². The molecule has 0 unspecified atom stereocenters. The van der Waals surface area contributed by atoms with Crippen LogP contribution in [0.3, 0.4) is 0 Å². The summed E-state index contributed by atoms with van der Waals surface area (Å²) in [5, 5.41) is 0. The Morgan fingerprint density at radius 3 is 2.50 bits per heavy atom. The van der Waals surface area contributed by atoms with Gasteiger partial charge in [-0.1, -0.05) is 12.1 Å². The van der Waals surface area contributed by atoms with E-state index in [0.29, 0.717) is 11.3 Å². The third kappa shape index (κ3) is 3.33. The largest absolute Gasteiger partial charge is 0.489 e. The van der Waals surface area contributed by atoms with E-state index in [9.17, 15) is 8.78 Å². The van der Waals surface area contributed by atoms with Crippen molar-refractivity contribution in [1.82, 2.24) is 0 Å². The third-order valence-corrected chi connectivity index (χ3v) is 3.16. The second-order valence-corrected chi connectivity index (χ2v) is 4.83. The van der Waals surface area contributed by atoms with E-state index in [1.54, 1.807) is 25.1 Å². The molecule has 2 nitrogen and oxygen atoms in total. The van der Waals surface area contributed by atoms with E-state index in [-0.39, 0.29) is 24.3 Å². The predicted molar refractivity (Wildman–Crippen MR) is 74.5 cm³/mol. The van der Waals surface area contributed by atoms with E-state index in [1.807, 2.05) is 6.92 Å². The molecule has 2 aromatic carbocycles. The average Bonchev–Trinajstić information content (AvgIpc) is 2.37. The van der Waals surface area contributed by atoms with E-state index in [2.05, 4.69) is 0 Å². The van der Waals surface area contributed by atoms with Gasteiger partial charge in [-0.15, -0.1) is 0 Å². The van der Waals surface area contributed by atoms with Crippen molar-refractivity contribution >= 4 is 0 Å². The molecule has 0 fully saturated rings. The van der Waals surface area contributed by atoms with Crippen molar-refractivity contribution in [3.8, 4) is 5.75 Å². The molecule has 2 rings (SSSR count). The van der Waals surface area contributed by atoms with Crippen LogP contribution in [0.15, 0.2) is 36.4 Å². The van der Waals surface area contributed by atoms with Crippen molar-refractivity contribution in [1.29, 1.82) is 0 Å². The van der Waals surface area contributed by atoms with Gasteiger partial charge in [0.2, 0.25) is 0 Å². The lowest BCUT2D eigenvalue weighted by Gasteiger charge is -2.11. The van der Waals surface area contributed by atoms with Gasteiger partial charge in [-0.05, 0) is 43.2 Å². The highest BCUT2D eigenvalue weighted by Crippen LogP contribution is 2.22. The summed E-state index contributed by atoms with van der Waals surface area (Å²) in [5.74, 6) is -0.234. The molecule has 2 N–H and O–H groups in total. The molecule has 0 heterocycles. The van der Waals surface area contributed by atoms with Crippen LogP contribution in [-0.4, -0.2) is 0 Å². The van der Waals surface area contributed by atoms with E-state index in [4.69, 9.17) is 10.5 Å². The predicted octanol–water partition coefficient (Wildman–Crippen LogP) is 3.87. The van der Waals surface area contributed by atoms with E-state index in [0.717, 1.165) is 11.1 Å². The number of ether oxygens (including phenoxy) is 1. The Morgan fingerprint density at radius 2 is 1.90 bits per heavy atom. The van der Waals surface area contributed by atoms with E-state index >= 15 is 0 Å². The van der Waals surface area contributed by atoms with Crippen LogP contribution < -0.4 is 10.5 Å². The SMILES string of the molecule is Cc1cc(F)ccc1COc1ccc([C@@H](C)N)c(F)c1. The maximum atomic E-state index is 13.7. The van der Waals surface area contributed by atoms with Crippen LogP contribution in [0.1, 0.15) is 29.7 Å². The fourth-order valence-electron chi connectivity index (χ4n) is 1.95. The number of hydrogen-bond donors (Lipinski definition) is 1.